The first kappa shape index (κ1) is 14.5. The monoisotopic (exact) mass is 254 g/mol. The minimum Gasteiger partial charge on any atom is -0.271 e. The van der Waals surface area contributed by atoms with Gasteiger partial charge in [0.15, 0.2) is 0 Å². The molecule has 0 radical (unpaired) electrons. The van der Waals surface area contributed by atoms with Crippen LogP contribution in [-0.4, -0.2) is 0 Å². The SMILES string of the molecule is Cc1ccc(Cl)cc1C(CCC(C)(C)C)NN. The van der Waals surface area contributed by atoms with Crippen molar-refractivity contribution in [2.45, 2.75) is 46.6 Å². The van der Waals surface area contributed by atoms with E-state index in [0.29, 0.717) is 5.41 Å². The van der Waals surface area contributed by atoms with Crippen LogP contribution in [0.1, 0.15) is 50.8 Å². The summed E-state index contributed by atoms with van der Waals surface area (Å²) in [5.74, 6) is 5.66. The van der Waals surface area contributed by atoms with Gasteiger partial charge >= 0.3 is 0 Å². The van der Waals surface area contributed by atoms with Crippen LogP contribution in [0.5, 0.6) is 0 Å². The average molecular weight is 255 g/mol. The highest BCUT2D eigenvalue weighted by Crippen LogP contribution is 2.29. The van der Waals surface area contributed by atoms with E-state index in [1.165, 1.54) is 11.1 Å². The second kappa shape index (κ2) is 5.85. The molecular formula is C14H23ClN2. The van der Waals surface area contributed by atoms with E-state index in [1.54, 1.807) is 0 Å². The van der Waals surface area contributed by atoms with Crippen LogP contribution in [0.2, 0.25) is 5.02 Å². The van der Waals surface area contributed by atoms with Gasteiger partial charge in [-0.15, -0.1) is 0 Å². The molecule has 1 rings (SSSR count). The predicted octanol–water partition coefficient (Wildman–Crippen LogP) is 3.98. The number of halogens is 1. The summed E-state index contributed by atoms with van der Waals surface area (Å²) in [5, 5.41) is 0.765. The first-order valence-electron chi connectivity index (χ1n) is 6.05. The van der Waals surface area contributed by atoms with Gasteiger partial charge in [-0.3, -0.25) is 11.3 Å². The van der Waals surface area contributed by atoms with Gasteiger partial charge in [-0.05, 0) is 48.4 Å². The van der Waals surface area contributed by atoms with Crippen LogP contribution < -0.4 is 11.3 Å². The van der Waals surface area contributed by atoms with Crippen LogP contribution in [-0.2, 0) is 0 Å². The largest absolute Gasteiger partial charge is 0.271 e. The van der Waals surface area contributed by atoms with Gasteiger partial charge in [0.2, 0.25) is 0 Å². The Morgan fingerprint density at radius 3 is 2.53 bits per heavy atom. The number of hydrogen-bond donors (Lipinski definition) is 2. The summed E-state index contributed by atoms with van der Waals surface area (Å²) in [7, 11) is 0. The van der Waals surface area contributed by atoms with Crippen LogP contribution in [0.3, 0.4) is 0 Å². The van der Waals surface area contributed by atoms with Crippen molar-refractivity contribution < 1.29 is 0 Å². The van der Waals surface area contributed by atoms with E-state index in [1.807, 2.05) is 18.2 Å². The van der Waals surface area contributed by atoms with Gasteiger partial charge in [-0.1, -0.05) is 38.4 Å². The molecule has 1 unspecified atom stereocenters. The lowest BCUT2D eigenvalue weighted by molar-refractivity contribution is 0.333. The minimum atomic E-state index is 0.174. The van der Waals surface area contributed by atoms with Crippen molar-refractivity contribution in [2.75, 3.05) is 0 Å². The highest BCUT2D eigenvalue weighted by Gasteiger charge is 2.17. The van der Waals surface area contributed by atoms with Crippen molar-refractivity contribution in [3.05, 3.63) is 34.3 Å². The Labute approximate surface area is 110 Å². The van der Waals surface area contributed by atoms with Gasteiger partial charge in [0, 0.05) is 11.1 Å². The van der Waals surface area contributed by atoms with Gasteiger partial charge < -0.3 is 0 Å². The Morgan fingerprint density at radius 1 is 1.35 bits per heavy atom. The number of rotatable bonds is 4. The van der Waals surface area contributed by atoms with Crippen LogP contribution in [0.25, 0.3) is 0 Å². The van der Waals surface area contributed by atoms with E-state index in [4.69, 9.17) is 17.4 Å². The third-order valence-electron chi connectivity index (χ3n) is 3.00. The Kier molecular flexibility index (Phi) is 4.99. The zero-order valence-electron chi connectivity index (χ0n) is 11.2. The first-order chi connectivity index (χ1) is 7.83. The highest BCUT2D eigenvalue weighted by molar-refractivity contribution is 6.30. The molecule has 3 N–H and O–H groups in total. The van der Waals surface area contributed by atoms with E-state index in [-0.39, 0.29) is 6.04 Å². The summed E-state index contributed by atoms with van der Waals surface area (Å²) >= 11 is 6.04. The molecule has 0 heterocycles. The summed E-state index contributed by atoms with van der Waals surface area (Å²) in [6.07, 6.45) is 2.13. The van der Waals surface area contributed by atoms with Gasteiger partial charge in [0.05, 0.1) is 0 Å². The van der Waals surface area contributed by atoms with Gasteiger partial charge in [-0.2, -0.15) is 0 Å². The molecule has 17 heavy (non-hydrogen) atoms. The fraction of sp³-hybridized carbons (Fsp3) is 0.571. The van der Waals surface area contributed by atoms with Crippen molar-refractivity contribution in [3.8, 4) is 0 Å². The van der Waals surface area contributed by atoms with Crippen molar-refractivity contribution in [1.82, 2.24) is 5.43 Å². The second-order valence-electron chi connectivity index (χ2n) is 5.82. The molecule has 0 aliphatic heterocycles. The van der Waals surface area contributed by atoms with Gasteiger partial charge in [0.25, 0.3) is 0 Å². The van der Waals surface area contributed by atoms with Crippen molar-refractivity contribution in [2.24, 2.45) is 11.3 Å². The Bertz CT molecular complexity index is 369. The van der Waals surface area contributed by atoms with E-state index in [9.17, 15) is 0 Å². The van der Waals surface area contributed by atoms with Crippen LogP contribution >= 0.6 is 11.6 Å². The summed E-state index contributed by atoms with van der Waals surface area (Å²) in [4.78, 5) is 0. The molecule has 1 aromatic rings. The summed E-state index contributed by atoms with van der Waals surface area (Å²) < 4.78 is 0. The topological polar surface area (TPSA) is 38.0 Å². The van der Waals surface area contributed by atoms with Crippen LogP contribution in [0.15, 0.2) is 18.2 Å². The molecule has 0 fully saturated rings. The van der Waals surface area contributed by atoms with E-state index in [2.05, 4.69) is 33.1 Å². The normalized spacial score (nSPS) is 13.8. The lowest BCUT2D eigenvalue weighted by Gasteiger charge is -2.24. The zero-order chi connectivity index (χ0) is 13.1. The standard InChI is InChI=1S/C14H23ClN2/c1-10-5-6-11(15)9-12(10)13(17-16)7-8-14(2,3)4/h5-6,9,13,17H,7-8,16H2,1-4H3. The van der Waals surface area contributed by atoms with Gasteiger partial charge in [0.1, 0.15) is 0 Å². The average Bonchev–Trinajstić information content (AvgIpc) is 2.22. The molecule has 96 valence electrons. The minimum absolute atomic E-state index is 0.174. The quantitative estimate of drug-likeness (QED) is 0.630. The molecule has 0 amide bonds. The third-order valence-corrected chi connectivity index (χ3v) is 3.24. The van der Waals surface area contributed by atoms with Crippen molar-refractivity contribution >= 4 is 11.6 Å². The molecule has 3 heteroatoms. The Morgan fingerprint density at radius 2 is 2.00 bits per heavy atom. The number of hydrazine groups is 1. The third kappa shape index (κ3) is 4.66. The molecule has 0 bridgehead atoms. The molecule has 0 aromatic heterocycles. The molecule has 1 aromatic carbocycles. The number of benzene rings is 1. The molecule has 0 spiro atoms. The number of aryl methyl sites for hydroxylation is 1. The summed E-state index contributed by atoms with van der Waals surface area (Å²) in [6, 6.07) is 6.13. The molecule has 2 nitrogen and oxygen atoms in total. The maximum atomic E-state index is 6.04. The number of hydrogen-bond acceptors (Lipinski definition) is 2. The number of nitrogens with one attached hydrogen (secondary N) is 1. The van der Waals surface area contributed by atoms with Crippen molar-refractivity contribution in [1.29, 1.82) is 0 Å². The first-order valence-corrected chi connectivity index (χ1v) is 6.43. The summed E-state index contributed by atoms with van der Waals surface area (Å²) in [6.45, 7) is 8.81. The van der Waals surface area contributed by atoms with Crippen LogP contribution in [0, 0.1) is 12.3 Å². The van der Waals surface area contributed by atoms with Gasteiger partial charge in [-0.25, -0.2) is 0 Å². The fourth-order valence-electron chi connectivity index (χ4n) is 1.89. The molecule has 0 aliphatic rings. The smallest absolute Gasteiger partial charge is 0.0463 e. The predicted molar refractivity (Wildman–Crippen MR) is 74.9 cm³/mol. The lowest BCUT2D eigenvalue weighted by atomic mass is 9.86. The highest BCUT2D eigenvalue weighted by atomic mass is 35.5. The van der Waals surface area contributed by atoms with E-state index >= 15 is 0 Å². The molecule has 0 aliphatic carbocycles. The Hall–Kier alpha value is -0.570. The number of nitrogens with two attached hydrogens (primary N) is 1. The zero-order valence-corrected chi connectivity index (χ0v) is 11.9. The van der Waals surface area contributed by atoms with Crippen LogP contribution in [0.4, 0.5) is 0 Å². The molecule has 0 saturated heterocycles. The maximum absolute atomic E-state index is 6.04. The second-order valence-corrected chi connectivity index (χ2v) is 6.26. The van der Waals surface area contributed by atoms with E-state index < -0.39 is 0 Å². The molecule has 0 saturated carbocycles. The molecular weight excluding hydrogens is 232 g/mol. The summed E-state index contributed by atoms with van der Waals surface area (Å²) in [5.41, 5.74) is 5.65. The Balaban J connectivity index is 2.82. The van der Waals surface area contributed by atoms with E-state index in [0.717, 1.165) is 17.9 Å². The maximum Gasteiger partial charge on any atom is 0.0463 e. The fourth-order valence-corrected chi connectivity index (χ4v) is 2.07. The van der Waals surface area contributed by atoms with Crippen molar-refractivity contribution in [3.63, 3.8) is 0 Å². The molecule has 1 atom stereocenters. The lowest BCUT2D eigenvalue weighted by Crippen LogP contribution is -2.29.